The van der Waals surface area contributed by atoms with Gasteiger partial charge in [-0.2, -0.15) is 0 Å². The van der Waals surface area contributed by atoms with Gasteiger partial charge >= 0.3 is 0 Å². The van der Waals surface area contributed by atoms with Crippen LogP contribution in [0, 0.1) is 11.6 Å². The molecule has 2 aromatic rings. The molecule has 0 atom stereocenters. The molecule has 0 radical (unpaired) electrons. The number of rotatable bonds is 3. The van der Waals surface area contributed by atoms with Gasteiger partial charge < -0.3 is 11.1 Å². The lowest BCUT2D eigenvalue weighted by atomic mass is 10.1. The molecule has 3 N–H and O–H groups in total. The summed E-state index contributed by atoms with van der Waals surface area (Å²) in [5.41, 5.74) is 6.07. The van der Waals surface area contributed by atoms with Gasteiger partial charge in [-0.1, -0.05) is 24.4 Å². The Bertz CT molecular complexity index is 689. The molecule has 0 aliphatic heterocycles. The van der Waals surface area contributed by atoms with Crippen molar-refractivity contribution in [2.24, 2.45) is 5.73 Å². The van der Waals surface area contributed by atoms with Gasteiger partial charge in [0.15, 0.2) is 0 Å². The van der Waals surface area contributed by atoms with Crippen molar-refractivity contribution < 1.29 is 13.6 Å². The summed E-state index contributed by atoms with van der Waals surface area (Å²) in [6.07, 6.45) is 0. The predicted molar refractivity (Wildman–Crippen MR) is 76.6 cm³/mol. The molecule has 102 valence electrons. The van der Waals surface area contributed by atoms with Crippen molar-refractivity contribution in [1.82, 2.24) is 0 Å². The molecule has 0 unspecified atom stereocenters. The Morgan fingerprint density at radius 3 is 2.60 bits per heavy atom. The maximum absolute atomic E-state index is 13.5. The summed E-state index contributed by atoms with van der Waals surface area (Å²) in [4.78, 5) is 12.1. The highest BCUT2D eigenvalue weighted by Gasteiger charge is 2.13. The number of carbonyl (C=O) groups excluding carboxylic acids is 1. The minimum absolute atomic E-state index is 0.179. The largest absolute Gasteiger partial charge is 0.389 e. The van der Waals surface area contributed by atoms with Crippen LogP contribution < -0.4 is 11.1 Å². The van der Waals surface area contributed by atoms with E-state index in [0.29, 0.717) is 11.3 Å². The van der Waals surface area contributed by atoms with Crippen LogP contribution in [0.15, 0.2) is 42.5 Å². The van der Waals surface area contributed by atoms with Crippen LogP contribution in [-0.4, -0.2) is 10.9 Å². The molecule has 0 aromatic heterocycles. The fraction of sp³-hybridized carbons (Fsp3) is 0. The zero-order valence-electron chi connectivity index (χ0n) is 10.2. The highest BCUT2D eigenvalue weighted by atomic mass is 32.1. The smallest absolute Gasteiger partial charge is 0.258 e. The lowest BCUT2D eigenvalue weighted by molar-refractivity contribution is 0.102. The molecule has 0 saturated carbocycles. The lowest BCUT2D eigenvalue weighted by Gasteiger charge is -2.07. The maximum Gasteiger partial charge on any atom is 0.258 e. The summed E-state index contributed by atoms with van der Waals surface area (Å²) in [7, 11) is 0. The number of thiocarbonyl (C=S) groups is 1. The highest BCUT2D eigenvalue weighted by Crippen LogP contribution is 2.15. The first-order valence-electron chi connectivity index (χ1n) is 5.63. The zero-order valence-corrected chi connectivity index (χ0v) is 11.0. The van der Waals surface area contributed by atoms with Crippen LogP contribution in [0.5, 0.6) is 0 Å². The van der Waals surface area contributed by atoms with Crippen LogP contribution in [0.2, 0.25) is 0 Å². The van der Waals surface area contributed by atoms with Gasteiger partial charge in [0.1, 0.15) is 16.6 Å². The van der Waals surface area contributed by atoms with E-state index in [1.54, 1.807) is 24.3 Å². The first-order valence-corrected chi connectivity index (χ1v) is 6.04. The third-order valence-corrected chi connectivity index (χ3v) is 2.81. The summed E-state index contributed by atoms with van der Waals surface area (Å²) in [5.74, 6) is -2.23. The van der Waals surface area contributed by atoms with E-state index >= 15 is 0 Å². The van der Waals surface area contributed by atoms with Gasteiger partial charge in [0.25, 0.3) is 5.91 Å². The Balaban J connectivity index is 2.25. The van der Waals surface area contributed by atoms with Gasteiger partial charge in [-0.3, -0.25) is 4.79 Å². The van der Waals surface area contributed by atoms with E-state index in [0.717, 1.165) is 18.2 Å². The van der Waals surface area contributed by atoms with Gasteiger partial charge in [0, 0.05) is 11.3 Å². The molecule has 0 fully saturated rings. The van der Waals surface area contributed by atoms with Gasteiger partial charge in [-0.05, 0) is 30.3 Å². The normalized spacial score (nSPS) is 10.1. The van der Waals surface area contributed by atoms with Crippen molar-refractivity contribution >= 4 is 28.8 Å². The van der Waals surface area contributed by atoms with Gasteiger partial charge in [0.2, 0.25) is 0 Å². The Morgan fingerprint density at radius 2 is 1.90 bits per heavy atom. The van der Waals surface area contributed by atoms with E-state index < -0.39 is 17.5 Å². The summed E-state index contributed by atoms with van der Waals surface area (Å²) >= 11 is 4.82. The second-order valence-electron chi connectivity index (χ2n) is 4.02. The van der Waals surface area contributed by atoms with E-state index in [1.807, 2.05) is 0 Å². The van der Waals surface area contributed by atoms with Crippen LogP contribution in [-0.2, 0) is 0 Å². The van der Waals surface area contributed by atoms with Crippen LogP contribution in [0.4, 0.5) is 14.5 Å². The fourth-order valence-corrected chi connectivity index (χ4v) is 1.75. The highest BCUT2D eigenvalue weighted by molar-refractivity contribution is 7.80. The van der Waals surface area contributed by atoms with Crippen LogP contribution >= 0.6 is 12.2 Å². The van der Waals surface area contributed by atoms with Crippen molar-refractivity contribution in [2.45, 2.75) is 0 Å². The van der Waals surface area contributed by atoms with Gasteiger partial charge in [-0.15, -0.1) is 0 Å². The second kappa shape index (κ2) is 5.75. The topological polar surface area (TPSA) is 55.1 Å². The number of carbonyl (C=O) groups is 1. The molecule has 0 saturated heterocycles. The summed E-state index contributed by atoms with van der Waals surface area (Å²) < 4.78 is 26.5. The summed E-state index contributed by atoms with van der Waals surface area (Å²) in [6.45, 7) is 0. The minimum Gasteiger partial charge on any atom is -0.389 e. The zero-order chi connectivity index (χ0) is 14.7. The first-order chi connectivity index (χ1) is 9.47. The molecule has 0 aliphatic carbocycles. The van der Waals surface area contributed by atoms with E-state index in [-0.39, 0.29) is 10.6 Å². The van der Waals surface area contributed by atoms with Crippen molar-refractivity contribution in [2.75, 3.05) is 5.32 Å². The number of halogens is 2. The lowest BCUT2D eigenvalue weighted by Crippen LogP contribution is -2.15. The molecule has 0 aliphatic rings. The number of amides is 1. The Labute approximate surface area is 119 Å². The molecule has 2 rings (SSSR count). The van der Waals surface area contributed by atoms with E-state index in [2.05, 4.69) is 5.32 Å². The number of hydrogen-bond donors (Lipinski definition) is 2. The molecule has 0 spiro atoms. The average Bonchev–Trinajstić information content (AvgIpc) is 2.41. The van der Waals surface area contributed by atoms with Crippen LogP contribution in [0.25, 0.3) is 0 Å². The standard InChI is InChI=1S/C14H10F2N2OS/c15-9-4-5-12(16)11(7-9)14(19)18-10-3-1-2-8(6-10)13(17)20/h1-7H,(H2,17,20)(H,18,19). The van der Waals surface area contributed by atoms with Crippen molar-refractivity contribution in [3.05, 3.63) is 65.2 Å². The van der Waals surface area contributed by atoms with Crippen molar-refractivity contribution in [3.63, 3.8) is 0 Å². The molecular formula is C14H10F2N2OS. The van der Waals surface area contributed by atoms with Gasteiger partial charge in [-0.25, -0.2) is 8.78 Å². The molecule has 3 nitrogen and oxygen atoms in total. The number of benzene rings is 2. The third kappa shape index (κ3) is 3.16. The van der Waals surface area contributed by atoms with E-state index in [1.165, 1.54) is 0 Å². The predicted octanol–water partition coefficient (Wildman–Crippen LogP) is 2.85. The summed E-state index contributed by atoms with van der Waals surface area (Å²) in [5, 5.41) is 2.46. The number of nitrogens with one attached hydrogen (secondary N) is 1. The average molecular weight is 292 g/mol. The number of hydrogen-bond acceptors (Lipinski definition) is 2. The fourth-order valence-electron chi connectivity index (χ4n) is 1.62. The Kier molecular flexibility index (Phi) is 4.05. The Morgan fingerprint density at radius 1 is 1.15 bits per heavy atom. The Hall–Kier alpha value is -2.34. The maximum atomic E-state index is 13.5. The van der Waals surface area contributed by atoms with Crippen molar-refractivity contribution in [1.29, 1.82) is 0 Å². The molecular weight excluding hydrogens is 282 g/mol. The third-order valence-electron chi connectivity index (χ3n) is 2.58. The molecule has 2 aromatic carbocycles. The number of nitrogens with two attached hydrogens (primary N) is 1. The van der Waals surface area contributed by atoms with E-state index in [9.17, 15) is 13.6 Å². The van der Waals surface area contributed by atoms with Crippen molar-refractivity contribution in [3.8, 4) is 0 Å². The quantitative estimate of drug-likeness (QED) is 0.855. The second-order valence-corrected chi connectivity index (χ2v) is 4.46. The molecule has 6 heteroatoms. The minimum atomic E-state index is -0.797. The number of anilines is 1. The SMILES string of the molecule is NC(=S)c1cccc(NC(=O)c2cc(F)ccc2F)c1. The first kappa shape index (κ1) is 14.1. The van der Waals surface area contributed by atoms with Crippen LogP contribution in [0.1, 0.15) is 15.9 Å². The van der Waals surface area contributed by atoms with E-state index in [4.69, 9.17) is 18.0 Å². The van der Waals surface area contributed by atoms with Crippen LogP contribution in [0.3, 0.4) is 0 Å². The molecule has 1 amide bonds. The van der Waals surface area contributed by atoms with Gasteiger partial charge in [0.05, 0.1) is 5.56 Å². The summed E-state index contributed by atoms with van der Waals surface area (Å²) in [6, 6.07) is 9.15. The molecule has 20 heavy (non-hydrogen) atoms. The molecule has 0 heterocycles. The monoisotopic (exact) mass is 292 g/mol. The molecule has 0 bridgehead atoms.